The summed E-state index contributed by atoms with van der Waals surface area (Å²) in [4.78, 5) is 32.4. The number of aromatic nitrogens is 4. The fraction of sp³-hybridized carbons (Fsp3) is 0.296. The highest BCUT2D eigenvalue weighted by Crippen LogP contribution is 2.39. The first-order valence-electron chi connectivity index (χ1n) is 12.0. The van der Waals surface area contributed by atoms with E-state index in [2.05, 4.69) is 29.4 Å². The Hall–Kier alpha value is -3.85. The van der Waals surface area contributed by atoms with Crippen molar-refractivity contribution in [1.29, 1.82) is 0 Å². The van der Waals surface area contributed by atoms with Gasteiger partial charge < -0.3 is 10.0 Å². The lowest BCUT2D eigenvalue weighted by atomic mass is 9.96. The van der Waals surface area contributed by atoms with Crippen LogP contribution in [0.25, 0.3) is 26.8 Å². The van der Waals surface area contributed by atoms with E-state index in [1.165, 1.54) is 0 Å². The van der Waals surface area contributed by atoms with Crippen molar-refractivity contribution < 1.29 is 14.7 Å². The van der Waals surface area contributed by atoms with Gasteiger partial charge >= 0.3 is 5.97 Å². The van der Waals surface area contributed by atoms with Crippen molar-refractivity contribution in [3.05, 3.63) is 70.6 Å². The fourth-order valence-corrected chi connectivity index (χ4v) is 5.78. The van der Waals surface area contributed by atoms with E-state index < -0.39 is 5.97 Å². The molecule has 0 saturated heterocycles. The quantitative estimate of drug-likeness (QED) is 0.389. The van der Waals surface area contributed by atoms with Crippen molar-refractivity contribution in [1.82, 2.24) is 24.9 Å². The summed E-state index contributed by atoms with van der Waals surface area (Å²) < 4.78 is 2.58. The number of fused-ring (bicyclic) bond motifs is 1. The number of carbonyl (C=O) groups excluding carboxylic acids is 1. The van der Waals surface area contributed by atoms with E-state index in [4.69, 9.17) is 4.98 Å². The number of thiophene rings is 1. The number of pyridine rings is 1. The Balaban J connectivity index is 1.47. The zero-order valence-electron chi connectivity index (χ0n) is 20.3. The van der Waals surface area contributed by atoms with Gasteiger partial charge in [0.25, 0.3) is 0 Å². The van der Waals surface area contributed by atoms with Crippen LogP contribution < -0.4 is 0 Å². The van der Waals surface area contributed by atoms with Crippen LogP contribution in [0.4, 0.5) is 0 Å². The molecule has 0 bridgehead atoms. The molecule has 5 rings (SSSR count). The first-order valence-corrected chi connectivity index (χ1v) is 12.8. The van der Waals surface area contributed by atoms with Gasteiger partial charge in [0, 0.05) is 57.6 Å². The monoisotopic (exact) mass is 501 g/mol. The Morgan fingerprint density at radius 1 is 1.17 bits per heavy atom. The van der Waals surface area contributed by atoms with E-state index in [0.29, 0.717) is 26.1 Å². The summed E-state index contributed by atoms with van der Waals surface area (Å²) in [6, 6.07) is 9.63. The predicted molar refractivity (Wildman–Crippen MR) is 140 cm³/mol. The van der Waals surface area contributed by atoms with E-state index in [1.54, 1.807) is 40.5 Å². The van der Waals surface area contributed by atoms with Crippen molar-refractivity contribution in [3.63, 3.8) is 0 Å². The van der Waals surface area contributed by atoms with Crippen LogP contribution in [0.5, 0.6) is 0 Å². The van der Waals surface area contributed by atoms with Gasteiger partial charge in [-0.25, -0.2) is 4.79 Å². The van der Waals surface area contributed by atoms with Crippen molar-refractivity contribution in [3.8, 4) is 11.1 Å². The molecule has 0 atom stereocenters. The maximum absolute atomic E-state index is 12.9. The van der Waals surface area contributed by atoms with E-state index in [0.717, 1.165) is 55.9 Å². The molecule has 184 valence electrons. The van der Waals surface area contributed by atoms with Crippen molar-refractivity contribution in [2.24, 2.45) is 0 Å². The Morgan fingerprint density at radius 3 is 2.78 bits per heavy atom. The molecule has 4 heterocycles. The van der Waals surface area contributed by atoms with E-state index in [9.17, 15) is 14.7 Å². The Bertz CT molecular complexity index is 1470. The molecule has 1 aromatic carbocycles. The topological polar surface area (TPSA) is 101 Å². The van der Waals surface area contributed by atoms with E-state index >= 15 is 0 Å². The minimum atomic E-state index is -0.952. The molecule has 1 amide bonds. The van der Waals surface area contributed by atoms with Crippen LogP contribution in [0, 0.1) is 6.92 Å². The molecule has 8 nitrogen and oxygen atoms in total. The molecule has 9 heteroatoms. The average Bonchev–Trinajstić information content (AvgIpc) is 3.56. The van der Waals surface area contributed by atoms with Crippen molar-refractivity contribution in [2.75, 3.05) is 13.1 Å². The number of benzene rings is 1. The molecular weight excluding hydrogens is 474 g/mol. The van der Waals surface area contributed by atoms with Gasteiger partial charge in [0.2, 0.25) is 5.91 Å². The molecule has 0 radical (unpaired) electrons. The Kier molecular flexibility index (Phi) is 6.65. The third kappa shape index (κ3) is 4.79. The van der Waals surface area contributed by atoms with Crippen LogP contribution >= 0.6 is 11.3 Å². The predicted octanol–water partition coefficient (Wildman–Crippen LogP) is 4.83. The minimum absolute atomic E-state index is 0.0874. The first kappa shape index (κ1) is 23.9. The molecule has 1 N–H and O–H groups in total. The second kappa shape index (κ2) is 10.0. The van der Waals surface area contributed by atoms with Gasteiger partial charge in [-0.15, -0.1) is 16.4 Å². The normalized spacial score (nSPS) is 13.7. The zero-order chi connectivity index (χ0) is 25.2. The molecule has 1 aliphatic rings. The maximum atomic E-state index is 12.9. The van der Waals surface area contributed by atoms with Gasteiger partial charge in [0.05, 0.1) is 18.3 Å². The molecule has 0 fully saturated rings. The molecule has 1 aliphatic heterocycles. The summed E-state index contributed by atoms with van der Waals surface area (Å²) in [6.07, 6.45) is 7.46. The van der Waals surface area contributed by atoms with Gasteiger partial charge in [-0.1, -0.05) is 24.3 Å². The molecular formula is C27H27N5O3S. The average molecular weight is 502 g/mol. The highest BCUT2D eigenvalue weighted by atomic mass is 32.1. The standard InChI is InChI=1S/C27H27N5O3S/c1-3-23-20(7-6-17(2)29-23)21-13-19(27(34)35)14-25-22(21)15-24(36-25)18-5-4-10-31(16-18)26(33)8-11-32-12-9-28-30-32/h5-7,9,12-15H,3-4,8,10-11,16H2,1-2H3,(H,34,35). The molecule has 36 heavy (non-hydrogen) atoms. The van der Waals surface area contributed by atoms with Crippen molar-refractivity contribution >= 4 is 38.9 Å². The summed E-state index contributed by atoms with van der Waals surface area (Å²) in [7, 11) is 0. The lowest BCUT2D eigenvalue weighted by Gasteiger charge is -2.27. The number of amides is 1. The lowest BCUT2D eigenvalue weighted by Crippen LogP contribution is -2.35. The SMILES string of the molecule is CCc1nc(C)ccc1-c1cc(C(=O)O)cc2sc(C3=CCCN(C(=O)CCn4ccnn4)C3)cc12. The van der Waals surface area contributed by atoms with Crippen molar-refractivity contribution in [2.45, 2.75) is 39.7 Å². The minimum Gasteiger partial charge on any atom is -0.478 e. The van der Waals surface area contributed by atoms with Crippen LogP contribution in [-0.4, -0.2) is 55.0 Å². The number of hydrogen-bond donors (Lipinski definition) is 1. The number of aryl methyl sites for hydroxylation is 3. The smallest absolute Gasteiger partial charge is 0.335 e. The Morgan fingerprint density at radius 2 is 2.03 bits per heavy atom. The number of carbonyl (C=O) groups is 2. The summed E-state index contributed by atoms with van der Waals surface area (Å²) in [6.45, 7) is 5.75. The number of nitrogens with zero attached hydrogens (tertiary/aromatic N) is 5. The van der Waals surface area contributed by atoms with Gasteiger partial charge in [0.15, 0.2) is 0 Å². The van der Waals surface area contributed by atoms with E-state index in [-0.39, 0.29) is 11.5 Å². The van der Waals surface area contributed by atoms with Crippen LogP contribution in [0.15, 0.2) is 48.8 Å². The third-order valence-corrected chi connectivity index (χ3v) is 7.63. The number of hydrogen-bond acceptors (Lipinski definition) is 6. The highest BCUT2D eigenvalue weighted by Gasteiger charge is 2.22. The summed E-state index contributed by atoms with van der Waals surface area (Å²) >= 11 is 1.57. The van der Waals surface area contributed by atoms with Crippen LogP contribution in [0.3, 0.4) is 0 Å². The Labute approximate surface area is 212 Å². The van der Waals surface area contributed by atoms with Gasteiger partial charge in [-0.3, -0.25) is 14.5 Å². The second-order valence-electron chi connectivity index (χ2n) is 8.90. The van der Waals surface area contributed by atoms with Gasteiger partial charge in [-0.05, 0) is 55.2 Å². The number of carboxylic acid groups (broad SMARTS) is 1. The molecule has 0 spiro atoms. The molecule has 0 unspecified atom stereocenters. The number of rotatable bonds is 7. The summed E-state index contributed by atoms with van der Waals surface area (Å²) in [5.41, 5.74) is 5.09. The number of aromatic carboxylic acids is 1. The zero-order valence-corrected chi connectivity index (χ0v) is 21.1. The van der Waals surface area contributed by atoms with Gasteiger partial charge in [0.1, 0.15) is 0 Å². The number of carboxylic acids is 1. The third-order valence-electron chi connectivity index (χ3n) is 6.47. The molecule has 4 aromatic rings. The summed E-state index contributed by atoms with van der Waals surface area (Å²) in [5.74, 6) is -0.864. The summed E-state index contributed by atoms with van der Waals surface area (Å²) in [5, 5.41) is 18.5. The van der Waals surface area contributed by atoms with Crippen LogP contribution in [-0.2, 0) is 17.8 Å². The highest BCUT2D eigenvalue weighted by molar-refractivity contribution is 7.20. The van der Waals surface area contributed by atoms with Crippen LogP contribution in [0.1, 0.15) is 46.4 Å². The fourth-order valence-electron chi connectivity index (χ4n) is 4.62. The van der Waals surface area contributed by atoms with Gasteiger partial charge in [-0.2, -0.15) is 0 Å². The van der Waals surface area contributed by atoms with E-state index in [1.807, 2.05) is 24.0 Å². The molecule has 0 saturated carbocycles. The maximum Gasteiger partial charge on any atom is 0.335 e. The second-order valence-corrected chi connectivity index (χ2v) is 9.99. The molecule has 3 aromatic heterocycles. The lowest BCUT2D eigenvalue weighted by molar-refractivity contribution is -0.131. The largest absolute Gasteiger partial charge is 0.478 e. The molecule has 0 aliphatic carbocycles. The first-order chi connectivity index (χ1) is 17.4. The van der Waals surface area contributed by atoms with Crippen LogP contribution in [0.2, 0.25) is 0 Å².